The molecule has 4 aromatic rings. The van der Waals surface area contributed by atoms with Crippen molar-refractivity contribution in [3.05, 3.63) is 111 Å². The summed E-state index contributed by atoms with van der Waals surface area (Å²) in [6.07, 6.45) is 1.32. The fraction of sp³-hybridized carbons (Fsp3) is 0.200. The van der Waals surface area contributed by atoms with E-state index in [9.17, 15) is 14.9 Å². The topological polar surface area (TPSA) is 95.4 Å². The Labute approximate surface area is 190 Å². The van der Waals surface area contributed by atoms with Gasteiger partial charge in [0.15, 0.2) is 0 Å². The SMILES string of the molecule is O=c1[nH]cnc2cc(N3CCN(C(c4ccccc4)c4ccccc4)CC3)c([N+](=O)[O-])cc12. The molecule has 0 bridgehead atoms. The number of nitro benzene ring substituents is 1. The first kappa shape index (κ1) is 20.8. The predicted molar refractivity (Wildman–Crippen MR) is 128 cm³/mol. The molecule has 0 aliphatic carbocycles. The molecular weight excluding hydrogens is 418 g/mol. The van der Waals surface area contributed by atoms with Crippen molar-refractivity contribution in [3.8, 4) is 0 Å². The van der Waals surface area contributed by atoms with Gasteiger partial charge in [0.05, 0.1) is 28.2 Å². The van der Waals surface area contributed by atoms with Gasteiger partial charge in [-0.1, -0.05) is 60.7 Å². The number of aromatic nitrogens is 2. The molecule has 1 saturated heterocycles. The third-order valence-corrected chi connectivity index (χ3v) is 6.18. The monoisotopic (exact) mass is 441 g/mol. The van der Waals surface area contributed by atoms with E-state index in [1.54, 1.807) is 6.07 Å². The molecule has 5 rings (SSSR count). The Kier molecular flexibility index (Phi) is 5.58. The molecule has 166 valence electrons. The second-order valence-corrected chi connectivity index (χ2v) is 8.09. The number of fused-ring (bicyclic) bond motifs is 1. The van der Waals surface area contributed by atoms with Crippen molar-refractivity contribution in [1.29, 1.82) is 0 Å². The molecule has 1 aliphatic heterocycles. The van der Waals surface area contributed by atoms with Crippen molar-refractivity contribution in [1.82, 2.24) is 14.9 Å². The molecule has 8 nitrogen and oxygen atoms in total. The maximum Gasteiger partial charge on any atom is 0.293 e. The van der Waals surface area contributed by atoms with E-state index in [0.29, 0.717) is 24.3 Å². The normalized spacial score (nSPS) is 14.6. The molecule has 1 fully saturated rings. The number of anilines is 1. The third-order valence-electron chi connectivity index (χ3n) is 6.18. The Hall–Kier alpha value is -4.04. The summed E-state index contributed by atoms with van der Waals surface area (Å²) in [5.41, 5.74) is 2.94. The van der Waals surface area contributed by atoms with Crippen LogP contribution < -0.4 is 10.5 Å². The fourth-order valence-electron chi connectivity index (χ4n) is 4.60. The first-order chi connectivity index (χ1) is 16.1. The summed E-state index contributed by atoms with van der Waals surface area (Å²) >= 11 is 0. The number of aromatic amines is 1. The van der Waals surface area contributed by atoms with Crippen LogP contribution in [-0.4, -0.2) is 46.0 Å². The lowest BCUT2D eigenvalue weighted by Crippen LogP contribution is -2.48. The average Bonchev–Trinajstić information content (AvgIpc) is 2.85. The molecule has 2 heterocycles. The number of piperazine rings is 1. The van der Waals surface area contributed by atoms with Crippen LogP contribution in [0.3, 0.4) is 0 Å². The first-order valence-corrected chi connectivity index (χ1v) is 10.9. The molecule has 0 atom stereocenters. The van der Waals surface area contributed by atoms with E-state index in [0.717, 1.165) is 13.1 Å². The Bertz CT molecular complexity index is 1290. The van der Waals surface area contributed by atoms with Crippen LogP contribution in [0, 0.1) is 10.1 Å². The van der Waals surface area contributed by atoms with Gasteiger partial charge in [0.25, 0.3) is 11.2 Å². The second kappa shape index (κ2) is 8.84. The largest absolute Gasteiger partial charge is 0.363 e. The van der Waals surface area contributed by atoms with E-state index in [2.05, 4.69) is 63.4 Å². The Morgan fingerprint density at radius 1 is 0.909 bits per heavy atom. The van der Waals surface area contributed by atoms with E-state index >= 15 is 0 Å². The maximum absolute atomic E-state index is 12.1. The minimum Gasteiger partial charge on any atom is -0.363 e. The van der Waals surface area contributed by atoms with Gasteiger partial charge in [-0.15, -0.1) is 0 Å². The van der Waals surface area contributed by atoms with Crippen LogP contribution in [-0.2, 0) is 0 Å². The van der Waals surface area contributed by atoms with Crippen LogP contribution in [0.1, 0.15) is 17.2 Å². The second-order valence-electron chi connectivity index (χ2n) is 8.09. The van der Waals surface area contributed by atoms with E-state index in [1.807, 2.05) is 17.0 Å². The molecule has 0 radical (unpaired) electrons. The summed E-state index contributed by atoms with van der Waals surface area (Å²) in [4.78, 5) is 34.6. The summed E-state index contributed by atoms with van der Waals surface area (Å²) in [5, 5.41) is 12.0. The highest BCUT2D eigenvalue weighted by molar-refractivity contribution is 5.87. The predicted octanol–water partition coefficient (Wildman–Crippen LogP) is 3.74. The van der Waals surface area contributed by atoms with Crippen molar-refractivity contribution < 1.29 is 4.92 Å². The van der Waals surface area contributed by atoms with Gasteiger partial charge in [0, 0.05) is 32.2 Å². The van der Waals surface area contributed by atoms with Gasteiger partial charge in [-0.05, 0) is 17.2 Å². The number of hydrogen-bond acceptors (Lipinski definition) is 6. The zero-order valence-electron chi connectivity index (χ0n) is 17.9. The van der Waals surface area contributed by atoms with Gasteiger partial charge in [-0.3, -0.25) is 19.8 Å². The molecule has 0 amide bonds. The highest BCUT2D eigenvalue weighted by atomic mass is 16.6. The van der Waals surface area contributed by atoms with Crippen molar-refractivity contribution in [2.45, 2.75) is 6.04 Å². The number of nitro groups is 1. The maximum atomic E-state index is 12.1. The average molecular weight is 441 g/mol. The van der Waals surface area contributed by atoms with Crippen LogP contribution in [0.15, 0.2) is 83.9 Å². The molecule has 0 spiro atoms. The molecule has 33 heavy (non-hydrogen) atoms. The van der Waals surface area contributed by atoms with Crippen molar-refractivity contribution >= 4 is 22.3 Å². The molecule has 8 heteroatoms. The lowest BCUT2D eigenvalue weighted by Gasteiger charge is -2.40. The summed E-state index contributed by atoms with van der Waals surface area (Å²) in [5.74, 6) is 0. The van der Waals surface area contributed by atoms with Crippen molar-refractivity contribution in [2.24, 2.45) is 0 Å². The molecule has 0 unspecified atom stereocenters. The zero-order chi connectivity index (χ0) is 22.8. The van der Waals surface area contributed by atoms with Gasteiger partial charge in [-0.2, -0.15) is 0 Å². The van der Waals surface area contributed by atoms with Crippen LogP contribution >= 0.6 is 0 Å². The standard InChI is InChI=1S/C25H23N5O3/c31-25-20-15-23(30(32)33)22(16-21(20)26-17-27-25)28-11-13-29(14-12-28)24(18-7-3-1-4-8-18)19-9-5-2-6-10-19/h1-10,15-17,24H,11-14H2,(H,26,27,31). The van der Waals surface area contributed by atoms with E-state index in [1.165, 1.54) is 23.5 Å². The zero-order valence-corrected chi connectivity index (χ0v) is 17.9. The Balaban J connectivity index is 1.45. The van der Waals surface area contributed by atoms with Crippen LogP contribution in [0.25, 0.3) is 10.9 Å². The van der Waals surface area contributed by atoms with Gasteiger partial charge in [-0.25, -0.2) is 4.98 Å². The summed E-state index contributed by atoms with van der Waals surface area (Å²) in [6.45, 7) is 2.75. The van der Waals surface area contributed by atoms with Crippen molar-refractivity contribution in [3.63, 3.8) is 0 Å². The summed E-state index contributed by atoms with van der Waals surface area (Å²) in [7, 11) is 0. The molecule has 0 saturated carbocycles. The number of hydrogen-bond donors (Lipinski definition) is 1. The lowest BCUT2D eigenvalue weighted by molar-refractivity contribution is -0.384. The summed E-state index contributed by atoms with van der Waals surface area (Å²) < 4.78 is 0. The van der Waals surface area contributed by atoms with Crippen LogP contribution in [0.5, 0.6) is 0 Å². The highest BCUT2D eigenvalue weighted by Crippen LogP contribution is 2.34. The molecule has 1 N–H and O–H groups in total. The number of H-pyrrole nitrogens is 1. The van der Waals surface area contributed by atoms with Crippen molar-refractivity contribution in [2.75, 3.05) is 31.1 Å². The fourth-order valence-corrected chi connectivity index (χ4v) is 4.60. The number of rotatable bonds is 5. The van der Waals surface area contributed by atoms with E-state index in [4.69, 9.17) is 0 Å². The van der Waals surface area contributed by atoms with Crippen LogP contribution in [0.4, 0.5) is 11.4 Å². The Morgan fingerprint density at radius 2 is 1.52 bits per heavy atom. The Morgan fingerprint density at radius 3 is 2.09 bits per heavy atom. The summed E-state index contributed by atoms with van der Waals surface area (Å²) in [6, 6.07) is 23.9. The van der Waals surface area contributed by atoms with E-state index < -0.39 is 4.92 Å². The molecule has 1 aromatic heterocycles. The smallest absolute Gasteiger partial charge is 0.293 e. The molecule has 3 aromatic carbocycles. The minimum absolute atomic E-state index is 0.0721. The molecule has 1 aliphatic rings. The highest BCUT2D eigenvalue weighted by Gasteiger charge is 2.29. The van der Waals surface area contributed by atoms with Gasteiger partial charge in [0.1, 0.15) is 5.69 Å². The quantitative estimate of drug-likeness (QED) is 0.374. The van der Waals surface area contributed by atoms with E-state index in [-0.39, 0.29) is 22.7 Å². The van der Waals surface area contributed by atoms with Crippen LogP contribution in [0.2, 0.25) is 0 Å². The lowest BCUT2D eigenvalue weighted by atomic mass is 9.96. The van der Waals surface area contributed by atoms with Gasteiger partial charge in [0.2, 0.25) is 0 Å². The number of benzene rings is 3. The number of nitrogens with one attached hydrogen (secondary N) is 1. The van der Waals surface area contributed by atoms with Gasteiger partial charge < -0.3 is 9.88 Å². The minimum atomic E-state index is -0.426. The number of nitrogens with zero attached hydrogens (tertiary/aromatic N) is 4. The van der Waals surface area contributed by atoms with Gasteiger partial charge >= 0.3 is 0 Å². The molecular formula is C25H23N5O3. The third kappa shape index (κ3) is 4.08. The first-order valence-electron chi connectivity index (χ1n) is 10.9.